The van der Waals surface area contributed by atoms with E-state index >= 15 is 0 Å². The molecule has 5 nitrogen and oxygen atoms in total. The van der Waals surface area contributed by atoms with Crippen LogP contribution in [0.15, 0.2) is 12.2 Å². The molecular formula is C24H46O5. The fraction of sp³-hybridized carbons (Fsp3) is 0.917. The summed E-state index contributed by atoms with van der Waals surface area (Å²) < 4.78 is 10.9. The minimum Gasteiger partial charge on any atom is -0.394 e. The van der Waals surface area contributed by atoms with Crippen LogP contribution in [0.1, 0.15) is 96.8 Å². The largest absolute Gasteiger partial charge is 0.394 e. The minimum atomic E-state index is -0.992. The Balaban J connectivity index is 1.87. The summed E-state index contributed by atoms with van der Waals surface area (Å²) in [6.45, 7) is 2.61. The van der Waals surface area contributed by atoms with Gasteiger partial charge in [-0.3, -0.25) is 0 Å². The number of aliphatic hydroxyl groups excluding tert-OH is 3. The molecular weight excluding hydrogens is 368 g/mol. The molecule has 0 aliphatic carbocycles. The first-order valence-corrected chi connectivity index (χ1v) is 12.1. The molecule has 1 rings (SSSR count). The lowest BCUT2D eigenvalue weighted by Gasteiger charge is -2.24. The van der Waals surface area contributed by atoms with Crippen molar-refractivity contribution in [2.45, 2.75) is 121 Å². The Morgan fingerprint density at radius 2 is 1.41 bits per heavy atom. The van der Waals surface area contributed by atoms with E-state index in [1.807, 2.05) is 0 Å². The van der Waals surface area contributed by atoms with E-state index in [0.29, 0.717) is 6.61 Å². The van der Waals surface area contributed by atoms with Crippen molar-refractivity contribution in [2.24, 2.45) is 0 Å². The fourth-order valence-corrected chi connectivity index (χ4v) is 3.83. The molecule has 0 spiro atoms. The van der Waals surface area contributed by atoms with E-state index < -0.39 is 24.4 Å². The summed E-state index contributed by atoms with van der Waals surface area (Å²) in [5.74, 6) is 0. The number of hydrogen-bond donors (Lipinski definition) is 3. The SMILES string of the molecule is CCCCCCCCCCCCCC/C=C/CCO[C@H](CO)[C@H]1OC[C@H](O)[C@H]1O. The lowest BCUT2D eigenvalue weighted by atomic mass is 10.0. The summed E-state index contributed by atoms with van der Waals surface area (Å²) in [4.78, 5) is 0. The first kappa shape index (κ1) is 26.6. The topological polar surface area (TPSA) is 79.2 Å². The van der Waals surface area contributed by atoms with E-state index in [1.165, 1.54) is 77.0 Å². The summed E-state index contributed by atoms with van der Waals surface area (Å²) in [6, 6.07) is 0. The van der Waals surface area contributed by atoms with Crippen molar-refractivity contribution in [1.29, 1.82) is 0 Å². The van der Waals surface area contributed by atoms with E-state index in [4.69, 9.17) is 9.47 Å². The van der Waals surface area contributed by atoms with E-state index in [0.717, 1.165) is 12.8 Å². The lowest BCUT2D eigenvalue weighted by molar-refractivity contribution is -0.0996. The summed E-state index contributed by atoms with van der Waals surface area (Å²) in [7, 11) is 0. The van der Waals surface area contributed by atoms with Crippen LogP contribution in [0, 0.1) is 0 Å². The van der Waals surface area contributed by atoms with E-state index in [1.54, 1.807) is 0 Å². The van der Waals surface area contributed by atoms with Gasteiger partial charge in [0.2, 0.25) is 0 Å². The molecule has 3 N–H and O–H groups in total. The van der Waals surface area contributed by atoms with Gasteiger partial charge in [-0.2, -0.15) is 0 Å². The first-order chi connectivity index (χ1) is 14.2. The van der Waals surface area contributed by atoms with E-state index in [9.17, 15) is 15.3 Å². The van der Waals surface area contributed by atoms with Gasteiger partial charge in [-0.15, -0.1) is 0 Å². The molecule has 1 saturated heterocycles. The molecule has 0 aromatic carbocycles. The van der Waals surface area contributed by atoms with Crippen LogP contribution in [0.4, 0.5) is 0 Å². The highest BCUT2D eigenvalue weighted by atomic mass is 16.6. The zero-order chi connectivity index (χ0) is 21.2. The summed E-state index contributed by atoms with van der Waals surface area (Å²) in [5, 5.41) is 28.7. The van der Waals surface area contributed by atoms with Crippen LogP contribution in [0.25, 0.3) is 0 Å². The average molecular weight is 415 g/mol. The van der Waals surface area contributed by atoms with Crippen molar-refractivity contribution in [2.75, 3.05) is 19.8 Å². The van der Waals surface area contributed by atoms with Gasteiger partial charge < -0.3 is 24.8 Å². The van der Waals surface area contributed by atoms with Crippen molar-refractivity contribution in [3.8, 4) is 0 Å². The van der Waals surface area contributed by atoms with Crippen molar-refractivity contribution < 1.29 is 24.8 Å². The third-order valence-electron chi connectivity index (χ3n) is 5.74. The number of hydrogen-bond acceptors (Lipinski definition) is 5. The maximum absolute atomic E-state index is 9.82. The third kappa shape index (κ3) is 12.7. The fourth-order valence-electron chi connectivity index (χ4n) is 3.83. The molecule has 0 bridgehead atoms. The summed E-state index contributed by atoms with van der Waals surface area (Å²) in [5.41, 5.74) is 0. The van der Waals surface area contributed by atoms with Crippen molar-refractivity contribution in [1.82, 2.24) is 0 Å². The van der Waals surface area contributed by atoms with Crippen LogP contribution in [-0.4, -0.2) is 59.6 Å². The second kappa shape index (κ2) is 18.3. The molecule has 0 aromatic heterocycles. The summed E-state index contributed by atoms with van der Waals surface area (Å²) in [6.07, 6.45) is 19.6. The molecule has 0 amide bonds. The predicted molar refractivity (Wildman–Crippen MR) is 118 cm³/mol. The maximum atomic E-state index is 9.82. The molecule has 0 radical (unpaired) electrons. The molecule has 172 valence electrons. The monoisotopic (exact) mass is 414 g/mol. The van der Waals surface area contributed by atoms with Gasteiger partial charge >= 0.3 is 0 Å². The molecule has 4 atom stereocenters. The number of ether oxygens (including phenoxy) is 2. The highest BCUT2D eigenvalue weighted by molar-refractivity contribution is 4.89. The Bertz CT molecular complexity index is 387. The maximum Gasteiger partial charge on any atom is 0.114 e. The quantitative estimate of drug-likeness (QED) is 0.214. The molecule has 1 aliphatic rings. The van der Waals surface area contributed by atoms with E-state index in [2.05, 4.69) is 19.1 Å². The highest BCUT2D eigenvalue weighted by Gasteiger charge is 2.40. The molecule has 5 heteroatoms. The Kier molecular flexibility index (Phi) is 16.8. The van der Waals surface area contributed by atoms with Gasteiger partial charge in [-0.05, 0) is 19.3 Å². The zero-order valence-electron chi connectivity index (χ0n) is 18.6. The number of allylic oxidation sites excluding steroid dienone is 1. The number of unbranched alkanes of at least 4 members (excludes halogenated alkanes) is 12. The van der Waals surface area contributed by atoms with Gasteiger partial charge in [0.1, 0.15) is 24.4 Å². The normalized spacial score (nSPS) is 23.2. The minimum absolute atomic E-state index is 0.0879. The van der Waals surface area contributed by atoms with Crippen molar-refractivity contribution in [3.63, 3.8) is 0 Å². The first-order valence-electron chi connectivity index (χ1n) is 12.1. The standard InChI is InChI=1S/C24H46O5/c1-2-3-4-5-6-7-8-9-10-11-12-13-14-15-16-17-18-28-22(19-25)24-23(27)21(26)20-29-24/h15-16,21-27H,2-14,17-20H2,1H3/b16-15+/t21-,22+,23+,24+/m0/s1. The van der Waals surface area contributed by atoms with Crippen molar-refractivity contribution in [3.05, 3.63) is 12.2 Å². The average Bonchev–Trinajstić information content (AvgIpc) is 3.06. The van der Waals surface area contributed by atoms with E-state index in [-0.39, 0.29) is 13.2 Å². The van der Waals surface area contributed by atoms with Crippen LogP contribution in [0.2, 0.25) is 0 Å². The van der Waals surface area contributed by atoms with Gasteiger partial charge in [-0.1, -0.05) is 89.7 Å². The molecule has 0 unspecified atom stereocenters. The Morgan fingerprint density at radius 1 is 0.862 bits per heavy atom. The lowest BCUT2D eigenvalue weighted by Crippen LogP contribution is -2.42. The molecule has 1 aliphatic heterocycles. The Labute approximate surface area is 178 Å². The summed E-state index contributed by atoms with van der Waals surface area (Å²) >= 11 is 0. The highest BCUT2D eigenvalue weighted by Crippen LogP contribution is 2.19. The number of rotatable bonds is 19. The predicted octanol–water partition coefficient (Wildman–Crippen LogP) is 4.52. The van der Waals surface area contributed by atoms with Crippen LogP contribution in [0.5, 0.6) is 0 Å². The zero-order valence-corrected chi connectivity index (χ0v) is 18.6. The second-order valence-corrected chi connectivity index (χ2v) is 8.39. The third-order valence-corrected chi connectivity index (χ3v) is 5.74. The molecule has 0 saturated carbocycles. The smallest absolute Gasteiger partial charge is 0.114 e. The second-order valence-electron chi connectivity index (χ2n) is 8.39. The Hall–Kier alpha value is -0.460. The Morgan fingerprint density at radius 3 is 1.93 bits per heavy atom. The van der Waals surface area contributed by atoms with Crippen LogP contribution in [0.3, 0.4) is 0 Å². The van der Waals surface area contributed by atoms with Crippen molar-refractivity contribution >= 4 is 0 Å². The molecule has 1 heterocycles. The van der Waals surface area contributed by atoms with Gasteiger partial charge in [0, 0.05) is 0 Å². The van der Waals surface area contributed by atoms with Gasteiger partial charge in [0.25, 0.3) is 0 Å². The number of aliphatic hydroxyl groups is 3. The van der Waals surface area contributed by atoms with Gasteiger partial charge in [0.15, 0.2) is 0 Å². The van der Waals surface area contributed by atoms with Crippen LogP contribution in [-0.2, 0) is 9.47 Å². The van der Waals surface area contributed by atoms with Crippen LogP contribution >= 0.6 is 0 Å². The van der Waals surface area contributed by atoms with Gasteiger partial charge in [-0.25, -0.2) is 0 Å². The molecule has 1 fully saturated rings. The van der Waals surface area contributed by atoms with Crippen LogP contribution < -0.4 is 0 Å². The molecule has 0 aromatic rings. The molecule has 29 heavy (non-hydrogen) atoms. The van der Waals surface area contributed by atoms with Gasteiger partial charge in [0.05, 0.1) is 19.8 Å².